The molecule has 0 radical (unpaired) electrons. The van der Waals surface area contributed by atoms with Gasteiger partial charge in [-0.2, -0.15) is 0 Å². The summed E-state index contributed by atoms with van der Waals surface area (Å²) in [4.78, 5) is 21.3. The van der Waals surface area contributed by atoms with Gasteiger partial charge in [0.15, 0.2) is 0 Å². The normalized spacial score (nSPS) is 10.2. The van der Waals surface area contributed by atoms with Gasteiger partial charge in [0.05, 0.1) is 12.2 Å². The van der Waals surface area contributed by atoms with Gasteiger partial charge in [0, 0.05) is 6.07 Å². The zero-order valence-electron chi connectivity index (χ0n) is 9.82. The predicted molar refractivity (Wildman–Crippen MR) is 63.9 cm³/mol. The summed E-state index contributed by atoms with van der Waals surface area (Å²) in [6.07, 6.45) is 1.41. The molecule has 1 heterocycles. The number of likely N-dealkylation sites (N-methyl/N-ethyl adjacent to an activating group) is 1. The predicted octanol–water partition coefficient (Wildman–Crippen LogP) is 1.01. The van der Waals surface area contributed by atoms with Gasteiger partial charge in [-0.1, -0.05) is 6.58 Å². The molecule has 0 bridgehead atoms. The van der Waals surface area contributed by atoms with E-state index in [9.17, 15) is 4.79 Å². The second-order valence-corrected chi connectivity index (χ2v) is 3.85. The van der Waals surface area contributed by atoms with E-state index in [1.54, 1.807) is 11.0 Å². The molecule has 1 rings (SSSR count). The maximum absolute atomic E-state index is 11.5. The van der Waals surface area contributed by atoms with E-state index in [4.69, 9.17) is 0 Å². The molecular formula is C11H16N4O. The van der Waals surface area contributed by atoms with Crippen LogP contribution in [0.5, 0.6) is 0 Å². The molecule has 86 valence electrons. The summed E-state index contributed by atoms with van der Waals surface area (Å²) in [7, 11) is 3.66. The second kappa shape index (κ2) is 5.37. The largest absolute Gasteiger partial charge is 0.309 e. The van der Waals surface area contributed by atoms with Crippen LogP contribution < -0.4 is 5.32 Å². The number of hydrogen-bond acceptors (Lipinski definition) is 4. The van der Waals surface area contributed by atoms with Gasteiger partial charge in [-0.05, 0) is 26.6 Å². The summed E-state index contributed by atoms with van der Waals surface area (Å²) < 4.78 is 0. The van der Waals surface area contributed by atoms with Crippen LogP contribution in [0.4, 0.5) is 5.82 Å². The van der Waals surface area contributed by atoms with Crippen LogP contribution in [-0.4, -0.2) is 41.4 Å². The fourth-order valence-electron chi connectivity index (χ4n) is 1.13. The third-order valence-corrected chi connectivity index (χ3v) is 1.83. The summed E-state index contributed by atoms with van der Waals surface area (Å²) in [5.74, 6) is 0.399. The lowest BCUT2D eigenvalue weighted by Gasteiger charge is -2.09. The number of amides is 1. The van der Waals surface area contributed by atoms with Gasteiger partial charge in [0.1, 0.15) is 12.1 Å². The lowest BCUT2D eigenvalue weighted by Crippen LogP contribution is -2.27. The molecule has 0 aliphatic heterocycles. The fraction of sp³-hybridized carbons (Fsp3) is 0.364. The summed E-state index contributed by atoms with van der Waals surface area (Å²) in [5, 5.41) is 2.70. The molecule has 0 saturated heterocycles. The van der Waals surface area contributed by atoms with Crippen molar-refractivity contribution < 1.29 is 4.79 Å². The third kappa shape index (κ3) is 3.78. The zero-order chi connectivity index (χ0) is 12.1. The Kier molecular flexibility index (Phi) is 4.13. The van der Waals surface area contributed by atoms with Crippen molar-refractivity contribution in [3.63, 3.8) is 0 Å². The molecule has 0 fully saturated rings. The number of aromatic nitrogens is 2. The number of hydrogen-bond donors (Lipinski definition) is 1. The molecule has 0 atom stereocenters. The van der Waals surface area contributed by atoms with Crippen LogP contribution in [0.25, 0.3) is 5.57 Å². The number of rotatable bonds is 4. The van der Waals surface area contributed by atoms with E-state index in [2.05, 4.69) is 21.9 Å². The van der Waals surface area contributed by atoms with Crippen molar-refractivity contribution in [1.82, 2.24) is 14.9 Å². The number of carbonyl (C=O) groups is 1. The topological polar surface area (TPSA) is 58.1 Å². The zero-order valence-corrected chi connectivity index (χ0v) is 9.82. The van der Waals surface area contributed by atoms with Crippen molar-refractivity contribution in [1.29, 1.82) is 0 Å². The Morgan fingerprint density at radius 2 is 2.19 bits per heavy atom. The maximum atomic E-state index is 11.5. The van der Waals surface area contributed by atoms with E-state index in [1.165, 1.54) is 6.33 Å². The summed E-state index contributed by atoms with van der Waals surface area (Å²) in [5.41, 5.74) is 1.57. The van der Waals surface area contributed by atoms with Crippen LogP contribution in [0.3, 0.4) is 0 Å². The monoisotopic (exact) mass is 220 g/mol. The first-order valence-corrected chi connectivity index (χ1v) is 4.91. The minimum absolute atomic E-state index is 0.101. The Hall–Kier alpha value is -1.75. The molecule has 5 heteroatoms. The standard InChI is InChI=1S/C11H16N4O/c1-8(2)9-5-10(13-7-12-9)14-11(16)6-15(3)4/h5,7H,1,6H2,2-4H3,(H,12,13,14,16). The first-order chi connectivity index (χ1) is 7.49. The SMILES string of the molecule is C=C(C)c1cc(NC(=O)CN(C)C)ncn1. The van der Waals surface area contributed by atoms with E-state index in [-0.39, 0.29) is 5.91 Å². The second-order valence-electron chi connectivity index (χ2n) is 3.85. The first kappa shape index (κ1) is 12.3. The summed E-state index contributed by atoms with van der Waals surface area (Å²) >= 11 is 0. The van der Waals surface area contributed by atoms with E-state index in [1.807, 2.05) is 21.0 Å². The van der Waals surface area contributed by atoms with Crippen molar-refractivity contribution in [2.75, 3.05) is 26.0 Å². The van der Waals surface area contributed by atoms with Crippen LogP contribution in [0.15, 0.2) is 19.0 Å². The molecule has 16 heavy (non-hydrogen) atoms. The van der Waals surface area contributed by atoms with E-state index < -0.39 is 0 Å². The molecule has 1 aromatic rings. The highest BCUT2D eigenvalue weighted by Gasteiger charge is 2.05. The quantitative estimate of drug-likeness (QED) is 0.822. The van der Waals surface area contributed by atoms with Gasteiger partial charge in [-0.3, -0.25) is 4.79 Å². The lowest BCUT2D eigenvalue weighted by atomic mass is 10.2. The van der Waals surface area contributed by atoms with Gasteiger partial charge in [0.2, 0.25) is 5.91 Å². The minimum atomic E-state index is -0.101. The van der Waals surface area contributed by atoms with Crippen LogP contribution in [0.1, 0.15) is 12.6 Å². The van der Waals surface area contributed by atoms with Gasteiger partial charge in [0.25, 0.3) is 0 Å². The Balaban J connectivity index is 2.70. The van der Waals surface area contributed by atoms with Crippen molar-refractivity contribution in [2.24, 2.45) is 0 Å². The molecule has 0 aliphatic rings. The van der Waals surface area contributed by atoms with Crippen LogP contribution in [-0.2, 0) is 4.79 Å². The van der Waals surface area contributed by atoms with Gasteiger partial charge < -0.3 is 10.2 Å². The van der Waals surface area contributed by atoms with E-state index >= 15 is 0 Å². The first-order valence-electron chi connectivity index (χ1n) is 4.91. The lowest BCUT2D eigenvalue weighted by molar-refractivity contribution is -0.116. The van der Waals surface area contributed by atoms with Crippen LogP contribution in [0.2, 0.25) is 0 Å². The van der Waals surface area contributed by atoms with Gasteiger partial charge in [-0.15, -0.1) is 0 Å². The van der Waals surface area contributed by atoms with Gasteiger partial charge in [-0.25, -0.2) is 9.97 Å². The van der Waals surface area contributed by atoms with Crippen LogP contribution in [0, 0.1) is 0 Å². The number of carbonyl (C=O) groups excluding carboxylic acids is 1. The summed E-state index contributed by atoms with van der Waals surface area (Å²) in [6, 6.07) is 1.70. The smallest absolute Gasteiger partial charge is 0.239 e. The molecular weight excluding hydrogens is 204 g/mol. The number of nitrogens with zero attached hydrogens (tertiary/aromatic N) is 3. The highest BCUT2D eigenvalue weighted by atomic mass is 16.2. The Bertz CT molecular complexity index is 401. The molecule has 0 unspecified atom stereocenters. The summed E-state index contributed by atoms with van der Waals surface area (Å²) in [6.45, 7) is 5.96. The van der Waals surface area contributed by atoms with Crippen molar-refractivity contribution in [3.05, 3.63) is 24.7 Å². The Morgan fingerprint density at radius 1 is 1.50 bits per heavy atom. The molecule has 0 saturated carbocycles. The third-order valence-electron chi connectivity index (χ3n) is 1.83. The average molecular weight is 220 g/mol. The molecule has 1 aromatic heterocycles. The molecule has 1 amide bonds. The highest BCUT2D eigenvalue weighted by Crippen LogP contribution is 2.11. The molecule has 1 N–H and O–H groups in total. The van der Waals surface area contributed by atoms with E-state index in [0.717, 1.165) is 11.3 Å². The molecule has 5 nitrogen and oxygen atoms in total. The van der Waals surface area contributed by atoms with Crippen molar-refractivity contribution in [3.8, 4) is 0 Å². The maximum Gasteiger partial charge on any atom is 0.239 e. The van der Waals surface area contributed by atoms with Crippen molar-refractivity contribution in [2.45, 2.75) is 6.92 Å². The fourth-order valence-corrected chi connectivity index (χ4v) is 1.13. The minimum Gasteiger partial charge on any atom is -0.309 e. The van der Waals surface area contributed by atoms with Crippen LogP contribution >= 0.6 is 0 Å². The van der Waals surface area contributed by atoms with Crippen molar-refractivity contribution >= 4 is 17.3 Å². The molecule has 0 aromatic carbocycles. The number of allylic oxidation sites excluding steroid dienone is 1. The average Bonchev–Trinajstić information content (AvgIpc) is 2.16. The highest BCUT2D eigenvalue weighted by molar-refractivity contribution is 5.91. The Labute approximate surface area is 95.2 Å². The Morgan fingerprint density at radius 3 is 2.75 bits per heavy atom. The molecule has 0 spiro atoms. The van der Waals surface area contributed by atoms with Gasteiger partial charge >= 0.3 is 0 Å². The number of nitrogens with one attached hydrogen (secondary N) is 1. The number of anilines is 1. The van der Waals surface area contributed by atoms with E-state index in [0.29, 0.717) is 12.4 Å². The molecule has 0 aliphatic carbocycles.